The molecule has 2 aromatic rings. The lowest BCUT2D eigenvalue weighted by Crippen LogP contribution is -2.48. The minimum Gasteiger partial charge on any atom is -0.399 e. The molecule has 8 nitrogen and oxygen atoms in total. The molecule has 0 radical (unpaired) electrons. The number of aromatic nitrogens is 1. The highest BCUT2D eigenvalue weighted by Crippen LogP contribution is 2.38. The van der Waals surface area contributed by atoms with Crippen LogP contribution in [-0.2, 0) is 31.5 Å². The third-order valence-electron chi connectivity index (χ3n) is 7.31. The summed E-state index contributed by atoms with van der Waals surface area (Å²) in [6.07, 6.45) is -3.31. The molecule has 0 saturated carbocycles. The Bertz CT molecular complexity index is 1180. The van der Waals surface area contributed by atoms with E-state index in [1.54, 1.807) is 50.9 Å². The first-order valence-electron chi connectivity index (χ1n) is 12.3. The summed E-state index contributed by atoms with van der Waals surface area (Å²) in [6, 6.07) is 7.18. The average molecular weight is 531 g/mol. The molecule has 4 rings (SSSR count). The Hall–Kier alpha value is -3.25. The van der Waals surface area contributed by atoms with Gasteiger partial charge in [0.1, 0.15) is 5.82 Å². The number of pyridine rings is 1. The van der Waals surface area contributed by atoms with Crippen LogP contribution in [0.15, 0.2) is 36.5 Å². The highest BCUT2D eigenvalue weighted by atomic mass is 19.4. The van der Waals surface area contributed by atoms with E-state index < -0.39 is 36.0 Å². The molecule has 1 aromatic carbocycles. The Morgan fingerprint density at radius 3 is 2.21 bits per heavy atom. The van der Waals surface area contributed by atoms with Crippen LogP contribution in [0.25, 0.3) is 0 Å². The number of carbonyl (C=O) groups is 2. The first kappa shape index (κ1) is 27.8. The molecule has 2 aliphatic heterocycles. The Morgan fingerprint density at radius 1 is 1.05 bits per heavy atom. The van der Waals surface area contributed by atoms with Crippen LogP contribution in [0.5, 0.6) is 0 Å². The van der Waals surface area contributed by atoms with Crippen molar-refractivity contribution in [1.29, 1.82) is 0 Å². The molecule has 2 amide bonds. The van der Waals surface area contributed by atoms with Crippen molar-refractivity contribution in [3.05, 3.63) is 54.6 Å². The zero-order valence-electron chi connectivity index (χ0n) is 21.9. The summed E-state index contributed by atoms with van der Waals surface area (Å²) >= 11 is 0. The highest BCUT2D eigenvalue weighted by Gasteiger charge is 2.53. The van der Waals surface area contributed by atoms with Crippen LogP contribution in [0.4, 0.5) is 24.7 Å². The largest absolute Gasteiger partial charge is 0.495 e. The van der Waals surface area contributed by atoms with Gasteiger partial charge in [0.2, 0.25) is 5.91 Å². The topological polar surface area (TPSA) is 84.0 Å². The SMILES string of the molecule is [CH2+]C(=O)N1CCN(c2ccc(NC(=O)Cc3ccc(B4OC(C)(C)C(C)(C)O4)c(C(F)(F)F)c3)nc2)CC1. The van der Waals surface area contributed by atoms with Gasteiger partial charge in [0, 0.05) is 26.2 Å². The van der Waals surface area contributed by atoms with Crippen molar-refractivity contribution in [2.24, 2.45) is 0 Å². The maximum atomic E-state index is 14.0. The second-order valence-electron chi connectivity index (χ2n) is 10.5. The van der Waals surface area contributed by atoms with Crippen LogP contribution >= 0.6 is 0 Å². The van der Waals surface area contributed by atoms with E-state index in [0.717, 1.165) is 11.8 Å². The van der Waals surface area contributed by atoms with Crippen molar-refractivity contribution in [2.45, 2.75) is 51.5 Å². The highest BCUT2D eigenvalue weighted by molar-refractivity contribution is 6.62. The van der Waals surface area contributed by atoms with Crippen LogP contribution in [0.3, 0.4) is 0 Å². The van der Waals surface area contributed by atoms with Gasteiger partial charge in [-0.1, -0.05) is 12.1 Å². The molecule has 1 aromatic heterocycles. The summed E-state index contributed by atoms with van der Waals surface area (Å²) in [7, 11) is -1.18. The van der Waals surface area contributed by atoms with Crippen molar-refractivity contribution in [2.75, 3.05) is 36.4 Å². The normalized spacial score (nSPS) is 19.0. The zero-order valence-corrected chi connectivity index (χ0v) is 21.9. The molecule has 12 heteroatoms. The van der Waals surface area contributed by atoms with Crippen molar-refractivity contribution in [3.63, 3.8) is 0 Å². The molecule has 0 bridgehead atoms. The van der Waals surface area contributed by atoms with Crippen LogP contribution in [0, 0.1) is 6.92 Å². The number of anilines is 2. The quantitative estimate of drug-likeness (QED) is 0.472. The first-order valence-corrected chi connectivity index (χ1v) is 12.3. The van der Waals surface area contributed by atoms with Gasteiger partial charge in [0.05, 0.1) is 35.1 Å². The number of carbonyl (C=O) groups excluding carboxylic acids is 2. The summed E-state index contributed by atoms with van der Waals surface area (Å²) < 4.78 is 53.5. The van der Waals surface area contributed by atoms with E-state index in [0.29, 0.717) is 26.2 Å². The third-order valence-corrected chi connectivity index (χ3v) is 7.31. The van der Waals surface area contributed by atoms with Gasteiger partial charge in [-0.2, -0.15) is 13.2 Å². The molecule has 0 atom stereocenters. The van der Waals surface area contributed by atoms with Gasteiger partial charge in [-0.15, -0.1) is 0 Å². The van der Waals surface area contributed by atoms with E-state index >= 15 is 0 Å². The molecule has 0 aliphatic carbocycles. The van der Waals surface area contributed by atoms with E-state index in [-0.39, 0.29) is 29.2 Å². The lowest BCUT2D eigenvalue weighted by molar-refractivity contribution is -0.137. The van der Waals surface area contributed by atoms with E-state index in [1.807, 2.05) is 0 Å². The maximum Gasteiger partial charge on any atom is 0.495 e. The summed E-state index contributed by atoms with van der Waals surface area (Å²) in [4.78, 5) is 32.0. The molecule has 202 valence electrons. The lowest BCUT2D eigenvalue weighted by atomic mass is 9.75. The number of nitrogens with zero attached hydrogens (tertiary/aromatic N) is 3. The van der Waals surface area contributed by atoms with Crippen molar-refractivity contribution in [1.82, 2.24) is 9.88 Å². The molecule has 2 aliphatic rings. The molecule has 2 saturated heterocycles. The Labute approximate surface area is 220 Å². The second kappa shape index (κ2) is 10.1. The summed E-state index contributed by atoms with van der Waals surface area (Å²) in [5.74, 6) is -0.412. The molecule has 3 heterocycles. The van der Waals surface area contributed by atoms with Gasteiger partial charge in [0.25, 0.3) is 0 Å². The molecule has 38 heavy (non-hydrogen) atoms. The minimum atomic E-state index is -4.66. The van der Waals surface area contributed by atoms with Crippen LogP contribution < -0.4 is 15.7 Å². The molecule has 1 N–H and O–H groups in total. The van der Waals surface area contributed by atoms with Crippen molar-refractivity contribution < 1.29 is 32.1 Å². The number of nitrogens with one attached hydrogen (secondary N) is 1. The fourth-order valence-corrected chi connectivity index (χ4v) is 4.37. The Morgan fingerprint density at radius 2 is 1.68 bits per heavy atom. The van der Waals surface area contributed by atoms with Crippen molar-refractivity contribution in [3.8, 4) is 0 Å². The number of hydrogen-bond acceptors (Lipinski definition) is 6. The van der Waals surface area contributed by atoms with Gasteiger partial charge in [-0.05, 0) is 56.9 Å². The Kier molecular flexibility index (Phi) is 7.41. The van der Waals surface area contributed by atoms with Gasteiger partial charge in [-0.25, -0.2) is 9.78 Å². The fourth-order valence-electron chi connectivity index (χ4n) is 4.37. The van der Waals surface area contributed by atoms with E-state index in [4.69, 9.17) is 9.31 Å². The lowest BCUT2D eigenvalue weighted by Gasteiger charge is -2.33. The molecule has 0 unspecified atom stereocenters. The smallest absolute Gasteiger partial charge is 0.399 e. The number of piperazine rings is 1. The number of alkyl halides is 3. The monoisotopic (exact) mass is 531 g/mol. The first-order chi connectivity index (χ1) is 17.7. The van der Waals surface area contributed by atoms with Crippen LogP contribution in [0.2, 0.25) is 0 Å². The minimum absolute atomic E-state index is 0.127. The number of rotatable bonds is 5. The molecular formula is C26H31BF3N4O4+. The maximum absolute atomic E-state index is 14.0. The van der Waals surface area contributed by atoms with Gasteiger partial charge >= 0.3 is 19.2 Å². The predicted octanol–water partition coefficient (Wildman–Crippen LogP) is 3.06. The summed E-state index contributed by atoms with van der Waals surface area (Å²) in [5, 5.41) is 2.63. The molecule has 2 fully saturated rings. The number of halogens is 3. The predicted molar refractivity (Wildman–Crippen MR) is 138 cm³/mol. The van der Waals surface area contributed by atoms with E-state index in [2.05, 4.69) is 22.1 Å². The third kappa shape index (κ3) is 5.91. The standard InChI is InChI=1S/C26H30BF3N4O4/c1-17(35)33-10-12-34(13-11-33)19-7-9-22(31-16-19)32-23(36)15-18-6-8-21(20(14-18)26(28,29)30)27-37-24(2,3)25(4,5)38-27/h6-9,14,16H,1,10-13,15H2,2-5H3/p+1. The van der Waals surface area contributed by atoms with Crippen LogP contribution in [-0.4, -0.2) is 66.2 Å². The molecular weight excluding hydrogens is 500 g/mol. The van der Waals surface area contributed by atoms with Gasteiger partial charge < -0.3 is 19.5 Å². The second-order valence-corrected chi connectivity index (χ2v) is 10.5. The summed E-state index contributed by atoms with van der Waals surface area (Å²) in [5.41, 5.74) is -1.57. The van der Waals surface area contributed by atoms with E-state index in [1.165, 1.54) is 12.1 Å². The number of benzene rings is 1. The van der Waals surface area contributed by atoms with Crippen molar-refractivity contribution >= 4 is 35.9 Å². The number of amides is 2. The Balaban J connectivity index is 1.41. The van der Waals surface area contributed by atoms with Gasteiger partial charge in [-0.3, -0.25) is 9.69 Å². The number of hydrogen-bond donors (Lipinski definition) is 1. The molecule has 0 spiro atoms. The van der Waals surface area contributed by atoms with E-state index in [9.17, 15) is 22.8 Å². The zero-order chi connectivity index (χ0) is 27.9. The average Bonchev–Trinajstić information content (AvgIpc) is 3.05. The van der Waals surface area contributed by atoms with Gasteiger partial charge in [0.15, 0.2) is 6.92 Å². The summed E-state index contributed by atoms with van der Waals surface area (Å²) in [6.45, 7) is 12.9. The fraction of sp³-hybridized carbons (Fsp3) is 0.462. The van der Waals surface area contributed by atoms with Crippen LogP contribution in [0.1, 0.15) is 38.8 Å².